The highest BCUT2D eigenvalue weighted by atomic mass is 32.1. The van der Waals surface area contributed by atoms with Crippen LogP contribution in [-0.2, 0) is 11.2 Å². The molecule has 0 bridgehead atoms. The molecule has 1 fully saturated rings. The van der Waals surface area contributed by atoms with Crippen LogP contribution < -0.4 is 5.73 Å². The standard InChI is InChI=1S/C12H19N3OS/c1-9(13)12-14-10(8-17-12)7-11(16)15-5-3-2-4-6-15/h8-9H,2-7,13H2,1H3. The van der Waals surface area contributed by atoms with E-state index < -0.39 is 0 Å². The molecule has 0 radical (unpaired) electrons. The minimum Gasteiger partial charge on any atom is -0.342 e. The van der Waals surface area contributed by atoms with Crippen molar-refractivity contribution in [3.8, 4) is 0 Å². The number of carbonyl (C=O) groups excluding carboxylic acids is 1. The summed E-state index contributed by atoms with van der Waals surface area (Å²) in [4.78, 5) is 18.3. The summed E-state index contributed by atoms with van der Waals surface area (Å²) in [7, 11) is 0. The van der Waals surface area contributed by atoms with Crippen LogP contribution in [0.15, 0.2) is 5.38 Å². The highest BCUT2D eigenvalue weighted by Gasteiger charge is 2.18. The third kappa shape index (κ3) is 3.26. The molecule has 94 valence electrons. The maximum atomic E-state index is 12.0. The quantitative estimate of drug-likeness (QED) is 0.892. The van der Waals surface area contributed by atoms with Crippen LogP contribution in [0.5, 0.6) is 0 Å². The molecule has 0 saturated carbocycles. The van der Waals surface area contributed by atoms with E-state index in [4.69, 9.17) is 5.73 Å². The van der Waals surface area contributed by atoms with Crippen molar-refractivity contribution in [2.45, 2.75) is 38.6 Å². The molecule has 17 heavy (non-hydrogen) atoms. The first-order chi connectivity index (χ1) is 8.16. The van der Waals surface area contributed by atoms with Crippen molar-refractivity contribution in [1.29, 1.82) is 0 Å². The van der Waals surface area contributed by atoms with Gasteiger partial charge in [0.05, 0.1) is 18.2 Å². The number of amides is 1. The lowest BCUT2D eigenvalue weighted by Crippen LogP contribution is -2.36. The highest BCUT2D eigenvalue weighted by molar-refractivity contribution is 7.09. The second-order valence-electron chi connectivity index (χ2n) is 4.58. The zero-order chi connectivity index (χ0) is 12.3. The van der Waals surface area contributed by atoms with E-state index in [0.717, 1.165) is 36.6 Å². The summed E-state index contributed by atoms with van der Waals surface area (Å²) in [6, 6.07) is -0.0427. The fourth-order valence-electron chi connectivity index (χ4n) is 2.02. The summed E-state index contributed by atoms with van der Waals surface area (Å²) in [6.07, 6.45) is 3.93. The predicted molar refractivity (Wildman–Crippen MR) is 68.9 cm³/mol. The van der Waals surface area contributed by atoms with Crippen molar-refractivity contribution in [3.63, 3.8) is 0 Å². The van der Waals surface area contributed by atoms with Gasteiger partial charge in [0, 0.05) is 18.5 Å². The maximum Gasteiger partial charge on any atom is 0.228 e. The van der Waals surface area contributed by atoms with Gasteiger partial charge in [0.25, 0.3) is 0 Å². The van der Waals surface area contributed by atoms with Gasteiger partial charge in [-0.2, -0.15) is 0 Å². The fourth-order valence-corrected chi connectivity index (χ4v) is 2.80. The van der Waals surface area contributed by atoms with E-state index >= 15 is 0 Å². The molecule has 1 unspecified atom stereocenters. The molecular weight excluding hydrogens is 234 g/mol. The molecule has 2 rings (SSSR count). The average Bonchev–Trinajstić information content (AvgIpc) is 2.79. The van der Waals surface area contributed by atoms with E-state index in [9.17, 15) is 4.79 Å². The Hall–Kier alpha value is -0.940. The highest BCUT2D eigenvalue weighted by Crippen LogP contribution is 2.17. The van der Waals surface area contributed by atoms with E-state index in [2.05, 4.69) is 4.98 Å². The van der Waals surface area contributed by atoms with Crippen molar-refractivity contribution >= 4 is 17.2 Å². The van der Waals surface area contributed by atoms with Gasteiger partial charge in [0.15, 0.2) is 0 Å². The molecule has 4 nitrogen and oxygen atoms in total. The van der Waals surface area contributed by atoms with E-state index in [1.54, 1.807) is 0 Å². The molecule has 0 aromatic carbocycles. The number of rotatable bonds is 3. The minimum atomic E-state index is -0.0427. The van der Waals surface area contributed by atoms with E-state index in [1.165, 1.54) is 17.8 Å². The van der Waals surface area contributed by atoms with Crippen molar-refractivity contribution in [2.75, 3.05) is 13.1 Å². The molecule has 1 aliphatic heterocycles. The fraction of sp³-hybridized carbons (Fsp3) is 0.667. The van der Waals surface area contributed by atoms with Gasteiger partial charge in [-0.15, -0.1) is 11.3 Å². The van der Waals surface area contributed by atoms with Crippen LogP contribution in [0.4, 0.5) is 0 Å². The minimum absolute atomic E-state index is 0.0427. The van der Waals surface area contributed by atoms with Gasteiger partial charge >= 0.3 is 0 Å². The molecule has 2 N–H and O–H groups in total. The lowest BCUT2D eigenvalue weighted by Gasteiger charge is -2.26. The monoisotopic (exact) mass is 253 g/mol. The topological polar surface area (TPSA) is 59.2 Å². The van der Waals surface area contributed by atoms with E-state index in [1.807, 2.05) is 17.2 Å². The van der Waals surface area contributed by atoms with Gasteiger partial charge in [-0.1, -0.05) is 0 Å². The Morgan fingerprint density at radius 3 is 2.82 bits per heavy atom. The van der Waals surface area contributed by atoms with Crippen LogP contribution >= 0.6 is 11.3 Å². The number of thiazole rings is 1. The summed E-state index contributed by atoms with van der Waals surface area (Å²) in [5.74, 6) is 0.200. The Kier molecular flexibility index (Phi) is 4.12. The van der Waals surface area contributed by atoms with Gasteiger partial charge in [0.1, 0.15) is 5.01 Å². The van der Waals surface area contributed by atoms with E-state index in [0.29, 0.717) is 6.42 Å². The smallest absolute Gasteiger partial charge is 0.228 e. The Morgan fingerprint density at radius 2 is 2.24 bits per heavy atom. The summed E-state index contributed by atoms with van der Waals surface area (Å²) >= 11 is 1.54. The molecule has 1 amide bonds. The summed E-state index contributed by atoms with van der Waals surface area (Å²) in [5, 5.41) is 2.85. The van der Waals surface area contributed by atoms with Crippen molar-refractivity contribution in [3.05, 3.63) is 16.1 Å². The third-order valence-electron chi connectivity index (χ3n) is 3.00. The van der Waals surface area contributed by atoms with Crippen LogP contribution in [-0.4, -0.2) is 28.9 Å². The summed E-state index contributed by atoms with van der Waals surface area (Å²) in [5.41, 5.74) is 6.61. The molecule has 1 saturated heterocycles. The van der Waals surface area contributed by atoms with Crippen molar-refractivity contribution < 1.29 is 4.79 Å². The number of likely N-dealkylation sites (tertiary alicyclic amines) is 1. The van der Waals surface area contributed by atoms with Crippen LogP contribution in [0.2, 0.25) is 0 Å². The molecular formula is C12H19N3OS. The second-order valence-corrected chi connectivity index (χ2v) is 5.47. The van der Waals surface area contributed by atoms with E-state index in [-0.39, 0.29) is 11.9 Å². The molecule has 1 aromatic rings. The number of nitrogens with two attached hydrogens (primary N) is 1. The zero-order valence-corrected chi connectivity index (χ0v) is 11.0. The Morgan fingerprint density at radius 1 is 1.53 bits per heavy atom. The van der Waals surface area contributed by atoms with Gasteiger partial charge in [0.2, 0.25) is 5.91 Å². The largest absolute Gasteiger partial charge is 0.342 e. The number of aromatic nitrogens is 1. The summed E-state index contributed by atoms with van der Waals surface area (Å²) < 4.78 is 0. The zero-order valence-electron chi connectivity index (χ0n) is 10.2. The van der Waals surface area contributed by atoms with Crippen LogP contribution in [0.25, 0.3) is 0 Å². The van der Waals surface area contributed by atoms with Crippen molar-refractivity contribution in [2.24, 2.45) is 5.73 Å². The number of piperidine rings is 1. The SMILES string of the molecule is CC(N)c1nc(CC(=O)N2CCCCC2)cs1. The number of hydrogen-bond acceptors (Lipinski definition) is 4. The van der Waals surface area contributed by atoms with Gasteiger partial charge in [-0.05, 0) is 26.2 Å². The number of nitrogens with zero attached hydrogens (tertiary/aromatic N) is 2. The molecule has 1 aromatic heterocycles. The number of carbonyl (C=O) groups is 1. The Balaban J connectivity index is 1.92. The lowest BCUT2D eigenvalue weighted by molar-refractivity contribution is -0.131. The second kappa shape index (κ2) is 5.60. The molecule has 1 atom stereocenters. The van der Waals surface area contributed by atoms with Gasteiger partial charge in [-0.25, -0.2) is 4.98 Å². The van der Waals surface area contributed by atoms with Crippen molar-refractivity contribution in [1.82, 2.24) is 9.88 Å². The van der Waals surface area contributed by atoms with Crippen LogP contribution in [0.1, 0.15) is 42.9 Å². The lowest BCUT2D eigenvalue weighted by atomic mass is 10.1. The molecule has 0 aliphatic carbocycles. The summed E-state index contributed by atoms with van der Waals surface area (Å²) in [6.45, 7) is 3.72. The number of hydrogen-bond donors (Lipinski definition) is 1. The Labute approximate surface area is 106 Å². The first kappa shape index (κ1) is 12.5. The third-order valence-corrected chi connectivity index (χ3v) is 4.09. The molecule has 5 heteroatoms. The Bertz CT molecular complexity index is 383. The van der Waals surface area contributed by atoms with Crippen LogP contribution in [0, 0.1) is 0 Å². The normalized spacial score (nSPS) is 18.1. The van der Waals surface area contributed by atoms with Gasteiger partial charge < -0.3 is 10.6 Å². The average molecular weight is 253 g/mol. The molecule has 2 heterocycles. The predicted octanol–water partition coefficient (Wildman–Crippen LogP) is 1.72. The van der Waals surface area contributed by atoms with Crippen LogP contribution in [0.3, 0.4) is 0 Å². The molecule has 0 spiro atoms. The van der Waals surface area contributed by atoms with Gasteiger partial charge in [-0.3, -0.25) is 4.79 Å². The maximum absolute atomic E-state index is 12.0. The first-order valence-corrected chi connectivity index (χ1v) is 7.02. The molecule has 1 aliphatic rings. The first-order valence-electron chi connectivity index (χ1n) is 6.14.